The van der Waals surface area contributed by atoms with Gasteiger partial charge in [-0.3, -0.25) is 14.5 Å². The summed E-state index contributed by atoms with van der Waals surface area (Å²) in [4.78, 5) is 37.9. The second kappa shape index (κ2) is 7.50. The number of urea groups is 1. The van der Waals surface area contributed by atoms with E-state index in [1.807, 2.05) is 0 Å². The van der Waals surface area contributed by atoms with Crippen molar-refractivity contribution in [3.8, 4) is 5.75 Å². The molecular formula is C18H21F2N3O4. The van der Waals surface area contributed by atoms with Crippen LogP contribution in [0.15, 0.2) is 24.3 Å². The summed E-state index contributed by atoms with van der Waals surface area (Å²) < 4.78 is 28.6. The molecule has 0 bridgehead atoms. The summed E-state index contributed by atoms with van der Waals surface area (Å²) in [6.07, 6.45) is 2.93. The largest absolute Gasteiger partial charge is 0.435 e. The average molecular weight is 381 g/mol. The van der Waals surface area contributed by atoms with Crippen LogP contribution in [0.25, 0.3) is 0 Å². The molecule has 1 aliphatic heterocycles. The van der Waals surface area contributed by atoms with Gasteiger partial charge in [-0.15, -0.1) is 0 Å². The zero-order valence-corrected chi connectivity index (χ0v) is 14.8. The smallest absolute Gasteiger partial charge is 0.387 e. The number of imide groups is 1. The number of rotatable bonds is 6. The van der Waals surface area contributed by atoms with E-state index in [-0.39, 0.29) is 18.2 Å². The molecule has 0 radical (unpaired) electrons. The number of alkyl halides is 2. The standard InChI is InChI=1S/C18H21F2N3O4/c1-11(12-4-6-13(7-5-12)27-16(19)20)21-14(24)10-23-15(25)18(22-17(23)26)8-2-3-9-18/h4-7,11,16H,2-3,8-10H2,1H3,(H,21,24)(H,22,26)/t11-/m0/s1. The highest BCUT2D eigenvalue weighted by molar-refractivity contribution is 6.09. The van der Waals surface area contributed by atoms with Gasteiger partial charge < -0.3 is 15.4 Å². The molecule has 3 rings (SSSR count). The van der Waals surface area contributed by atoms with E-state index in [0.29, 0.717) is 18.4 Å². The van der Waals surface area contributed by atoms with Crippen molar-refractivity contribution >= 4 is 17.8 Å². The first-order chi connectivity index (χ1) is 12.8. The van der Waals surface area contributed by atoms with E-state index in [9.17, 15) is 23.2 Å². The van der Waals surface area contributed by atoms with Crippen LogP contribution in [0.4, 0.5) is 13.6 Å². The SMILES string of the molecule is C[C@H](NC(=O)CN1C(=O)NC2(CCCC2)C1=O)c1ccc(OC(F)F)cc1. The quantitative estimate of drug-likeness (QED) is 0.741. The fourth-order valence-electron chi connectivity index (χ4n) is 3.59. The van der Waals surface area contributed by atoms with Crippen LogP contribution in [0.5, 0.6) is 5.75 Å². The number of benzene rings is 1. The zero-order valence-electron chi connectivity index (χ0n) is 14.8. The van der Waals surface area contributed by atoms with E-state index in [2.05, 4.69) is 15.4 Å². The Morgan fingerprint density at radius 3 is 2.48 bits per heavy atom. The van der Waals surface area contributed by atoms with E-state index in [0.717, 1.165) is 17.7 Å². The van der Waals surface area contributed by atoms with Crippen LogP contribution in [-0.4, -0.2) is 41.4 Å². The van der Waals surface area contributed by atoms with Crippen LogP contribution in [0.3, 0.4) is 0 Å². The molecule has 9 heteroatoms. The molecule has 1 saturated heterocycles. The second-order valence-electron chi connectivity index (χ2n) is 6.85. The summed E-state index contributed by atoms with van der Waals surface area (Å²) in [6.45, 7) is -1.55. The number of nitrogens with zero attached hydrogens (tertiary/aromatic N) is 1. The van der Waals surface area contributed by atoms with Crippen molar-refractivity contribution in [2.75, 3.05) is 6.54 Å². The van der Waals surface area contributed by atoms with Gasteiger partial charge >= 0.3 is 12.6 Å². The van der Waals surface area contributed by atoms with Gasteiger partial charge in [-0.1, -0.05) is 25.0 Å². The van der Waals surface area contributed by atoms with Crippen LogP contribution >= 0.6 is 0 Å². The molecule has 1 atom stereocenters. The second-order valence-corrected chi connectivity index (χ2v) is 6.85. The monoisotopic (exact) mass is 381 g/mol. The minimum absolute atomic E-state index is 0.0217. The van der Waals surface area contributed by atoms with Gasteiger partial charge in [0.05, 0.1) is 6.04 Å². The lowest BCUT2D eigenvalue weighted by atomic mass is 9.98. The summed E-state index contributed by atoms with van der Waals surface area (Å²) in [6, 6.07) is 4.91. The molecule has 1 heterocycles. The Balaban J connectivity index is 1.57. The summed E-state index contributed by atoms with van der Waals surface area (Å²) >= 11 is 0. The van der Waals surface area contributed by atoms with Crippen LogP contribution < -0.4 is 15.4 Å². The zero-order chi connectivity index (χ0) is 19.6. The van der Waals surface area contributed by atoms with Crippen LogP contribution in [0.2, 0.25) is 0 Å². The number of hydrogen-bond acceptors (Lipinski definition) is 4. The van der Waals surface area contributed by atoms with Gasteiger partial charge in [-0.2, -0.15) is 8.78 Å². The number of amides is 4. The number of carbonyl (C=O) groups is 3. The van der Waals surface area contributed by atoms with Gasteiger partial charge in [-0.25, -0.2) is 4.79 Å². The molecule has 1 spiro atoms. The number of halogens is 2. The lowest BCUT2D eigenvalue weighted by molar-refractivity contribution is -0.135. The molecule has 4 amide bonds. The van der Waals surface area contributed by atoms with Gasteiger partial charge in [0, 0.05) is 0 Å². The molecule has 2 N–H and O–H groups in total. The molecule has 2 aliphatic rings. The first-order valence-corrected chi connectivity index (χ1v) is 8.79. The number of carbonyl (C=O) groups excluding carboxylic acids is 3. The maximum absolute atomic E-state index is 12.5. The van der Waals surface area contributed by atoms with Crippen molar-refractivity contribution in [1.29, 1.82) is 0 Å². The van der Waals surface area contributed by atoms with Crippen molar-refractivity contribution < 1.29 is 27.9 Å². The highest BCUT2D eigenvalue weighted by Gasteiger charge is 2.52. The van der Waals surface area contributed by atoms with Gasteiger partial charge in [0.25, 0.3) is 5.91 Å². The molecule has 1 saturated carbocycles. The Hall–Kier alpha value is -2.71. The highest BCUT2D eigenvalue weighted by Crippen LogP contribution is 2.34. The number of nitrogens with one attached hydrogen (secondary N) is 2. The lowest BCUT2D eigenvalue weighted by Gasteiger charge is -2.20. The third-order valence-electron chi connectivity index (χ3n) is 4.99. The molecular weight excluding hydrogens is 360 g/mol. The van der Waals surface area contributed by atoms with Gasteiger partial charge in [0.15, 0.2) is 0 Å². The Labute approximate surface area is 155 Å². The Bertz CT molecular complexity index is 733. The lowest BCUT2D eigenvalue weighted by Crippen LogP contribution is -2.45. The normalized spacial score (nSPS) is 19.5. The molecule has 7 nitrogen and oxygen atoms in total. The summed E-state index contributed by atoms with van der Waals surface area (Å²) in [5.74, 6) is -0.802. The average Bonchev–Trinajstić information content (AvgIpc) is 3.16. The fraction of sp³-hybridized carbons (Fsp3) is 0.500. The van der Waals surface area contributed by atoms with Crippen LogP contribution in [0.1, 0.15) is 44.2 Å². The predicted octanol–water partition coefficient (Wildman–Crippen LogP) is 2.33. The first-order valence-electron chi connectivity index (χ1n) is 8.79. The van der Waals surface area contributed by atoms with Crippen LogP contribution in [0, 0.1) is 0 Å². The maximum Gasteiger partial charge on any atom is 0.387 e. The Morgan fingerprint density at radius 2 is 1.89 bits per heavy atom. The molecule has 1 aromatic carbocycles. The van der Waals surface area contributed by atoms with E-state index in [1.54, 1.807) is 19.1 Å². The van der Waals surface area contributed by atoms with E-state index in [4.69, 9.17) is 0 Å². The molecule has 27 heavy (non-hydrogen) atoms. The summed E-state index contributed by atoms with van der Waals surface area (Å²) in [7, 11) is 0. The number of hydrogen-bond donors (Lipinski definition) is 2. The van der Waals surface area contributed by atoms with Crippen molar-refractivity contribution in [2.24, 2.45) is 0 Å². The molecule has 0 unspecified atom stereocenters. The van der Waals surface area contributed by atoms with Crippen molar-refractivity contribution in [3.63, 3.8) is 0 Å². The Kier molecular flexibility index (Phi) is 5.29. The topological polar surface area (TPSA) is 87.7 Å². The van der Waals surface area contributed by atoms with Crippen molar-refractivity contribution in [1.82, 2.24) is 15.5 Å². The van der Waals surface area contributed by atoms with Gasteiger partial charge in [0.1, 0.15) is 17.8 Å². The Morgan fingerprint density at radius 1 is 1.26 bits per heavy atom. The molecule has 1 aliphatic carbocycles. The third-order valence-corrected chi connectivity index (χ3v) is 4.99. The minimum Gasteiger partial charge on any atom is -0.435 e. The van der Waals surface area contributed by atoms with Gasteiger partial charge in [0.2, 0.25) is 5.91 Å². The van der Waals surface area contributed by atoms with E-state index >= 15 is 0 Å². The van der Waals surface area contributed by atoms with Gasteiger partial charge in [-0.05, 0) is 37.5 Å². The minimum atomic E-state index is -2.90. The van der Waals surface area contributed by atoms with E-state index in [1.165, 1.54) is 12.1 Å². The maximum atomic E-state index is 12.5. The predicted molar refractivity (Wildman–Crippen MR) is 91.1 cm³/mol. The fourth-order valence-corrected chi connectivity index (χ4v) is 3.59. The third kappa shape index (κ3) is 4.01. The molecule has 2 fully saturated rings. The van der Waals surface area contributed by atoms with Crippen molar-refractivity contribution in [3.05, 3.63) is 29.8 Å². The van der Waals surface area contributed by atoms with E-state index < -0.39 is 30.1 Å². The summed E-state index contributed by atoms with van der Waals surface area (Å²) in [5.41, 5.74) is -0.168. The van der Waals surface area contributed by atoms with Crippen molar-refractivity contribution in [2.45, 2.75) is 50.8 Å². The molecule has 146 valence electrons. The number of ether oxygens (including phenoxy) is 1. The first kappa shape index (κ1) is 19.1. The van der Waals surface area contributed by atoms with Crippen LogP contribution in [-0.2, 0) is 9.59 Å². The molecule has 0 aromatic heterocycles. The highest BCUT2D eigenvalue weighted by atomic mass is 19.3. The summed E-state index contributed by atoms with van der Waals surface area (Å²) in [5, 5.41) is 5.43. The molecule has 1 aromatic rings.